The summed E-state index contributed by atoms with van der Waals surface area (Å²) in [4.78, 5) is 14.8. The average molecular weight is 462 g/mol. The Morgan fingerprint density at radius 3 is 2.74 bits per heavy atom. The molecular formula is C29H39N3O2. The third-order valence-electron chi connectivity index (χ3n) is 8.72. The van der Waals surface area contributed by atoms with Crippen molar-refractivity contribution in [2.24, 2.45) is 17.6 Å². The van der Waals surface area contributed by atoms with E-state index < -0.39 is 0 Å². The Bertz CT molecular complexity index is 1010. The van der Waals surface area contributed by atoms with Gasteiger partial charge in [-0.2, -0.15) is 0 Å². The predicted octanol–water partition coefficient (Wildman–Crippen LogP) is 3.77. The molecule has 182 valence electrons. The lowest BCUT2D eigenvalue weighted by Gasteiger charge is -2.40. The van der Waals surface area contributed by atoms with E-state index in [-0.39, 0.29) is 17.4 Å². The van der Waals surface area contributed by atoms with E-state index in [9.17, 15) is 9.90 Å². The van der Waals surface area contributed by atoms with Crippen LogP contribution in [0.25, 0.3) is 0 Å². The summed E-state index contributed by atoms with van der Waals surface area (Å²) in [6.07, 6.45) is 7.71. The fourth-order valence-electron chi connectivity index (χ4n) is 6.61. The minimum atomic E-state index is -0.336. The van der Waals surface area contributed by atoms with Crippen LogP contribution in [0.3, 0.4) is 0 Å². The van der Waals surface area contributed by atoms with Gasteiger partial charge in [-0.3, -0.25) is 9.69 Å². The van der Waals surface area contributed by atoms with Crippen LogP contribution in [0.2, 0.25) is 0 Å². The molecule has 2 fully saturated rings. The van der Waals surface area contributed by atoms with Gasteiger partial charge in [-0.1, -0.05) is 49.7 Å². The molecule has 5 nitrogen and oxygen atoms in total. The van der Waals surface area contributed by atoms with Crippen LogP contribution in [0, 0.1) is 11.8 Å². The number of hydrogen-bond donors (Lipinski definition) is 3. The SMILES string of the molecule is C[C@H]1[C@H]2Cc3ccc(O)cc3[C@@]1(CCCCN[C@@H](Cc1ccccc1)C(N)=O)CN2CC1CC1. The smallest absolute Gasteiger partial charge is 0.234 e. The molecule has 2 aromatic rings. The molecule has 0 radical (unpaired) electrons. The molecule has 2 aromatic carbocycles. The summed E-state index contributed by atoms with van der Waals surface area (Å²) in [5, 5.41) is 13.7. The van der Waals surface area contributed by atoms with Crippen molar-refractivity contribution in [1.29, 1.82) is 0 Å². The molecule has 1 saturated carbocycles. The largest absolute Gasteiger partial charge is 0.508 e. The van der Waals surface area contributed by atoms with Gasteiger partial charge in [-0.15, -0.1) is 0 Å². The minimum absolute atomic E-state index is 0.110. The highest BCUT2D eigenvalue weighted by Crippen LogP contribution is 2.53. The van der Waals surface area contributed by atoms with Crippen LogP contribution in [0.1, 0.15) is 55.7 Å². The maximum atomic E-state index is 12.0. The monoisotopic (exact) mass is 461 g/mol. The van der Waals surface area contributed by atoms with Crippen molar-refractivity contribution < 1.29 is 9.90 Å². The lowest BCUT2D eigenvalue weighted by atomic mass is 9.63. The first-order valence-electron chi connectivity index (χ1n) is 13.1. The third kappa shape index (κ3) is 4.73. The number of benzene rings is 2. The number of nitrogens with zero attached hydrogens (tertiary/aromatic N) is 1. The van der Waals surface area contributed by atoms with Crippen LogP contribution in [-0.4, -0.2) is 47.6 Å². The van der Waals surface area contributed by atoms with Crippen LogP contribution in [0.15, 0.2) is 48.5 Å². The third-order valence-corrected chi connectivity index (χ3v) is 8.72. The zero-order chi connectivity index (χ0) is 23.7. The van der Waals surface area contributed by atoms with Crippen LogP contribution < -0.4 is 11.1 Å². The number of carbonyl (C=O) groups excluding carboxylic acids is 1. The molecule has 2 bridgehead atoms. The molecule has 1 amide bonds. The van der Waals surface area contributed by atoms with Gasteiger partial charge in [-0.05, 0) is 85.7 Å². The summed E-state index contributed by atoms with van der Waals surface area (Å²) in [6, 6.07) is 16.4. The maximum Gasteiger partial charge on any atom is 0.234 e. The second kappa shape index (κ2) is 9.71. The Morgan fingerprint density at radius 1 is 1.21 bits per heavy atom. The Morgan fingerprint density at radius 2 is 2.00 bits per heavy atom. The summed E-state index contributed by atoms with van der Waals surface area (Å²) in [6.45, 7) is 5.56. The van der Waals surface area contributed by atoms with Crippen LogP contribution >= 0.6 is 0 Å². The van der Waals surface area contributed by atoms with Gasteiger partial charge < -0.3 is 16.2 Å². The molecule has 4 N–H and O–H groups in total. The van der Waals surface area contributed by atoms with Crippen molar-refractivity contribution in [3.63, 3.8) is 0 Å². The molecule has 0 spiro atoms. The topological polar surface area (TPSA) is 78.6 Å². The first kappa shape index (κ1) is 23.4. The molecule has 0 unspecified atom stereocenters. The average Bonchev–Trinajstić information content (AvgIpc) is 3.62. The van der Waals surface area contributed by atoms with Gasteiger partial charge in [-0.25, -0.2) is 0 Å². The van der Waals surface area contributed by atoms with Crippen molar-refractivity contribution >= 4 is 5.91 Å². The van der Waals surface area contributed by atoms with E-state index in [4.69, 9.17) is 5.73 Å². The molecule has 1 aliphatic heterocycles. The second-order valence-corrected chi connectivity index (χ2v) is 11.0. The number of fused-ring (bicyclic) bond motifs is 4. The number of phenolic OH excluding ortho intramolecular Hbond substituents is 1. The summed E-state index contributed by atoms with van der Waals surface area (Å²) >= 11 is 0. The number of carbonyl (C=O) groups is 1. The van der Waals surface area contributed by atoms with Gasteiger partial charge >= 0.3 is 0 Å². The molecule has 4 atom stereocenters. The normalized spacial score (nSPS) is 26.9. The second-order valence-electron chi connectivity index (χ2n) is 11.0. The van der Waals surface area contributed by atoms with E-state index in [1.807, 2.05) is 42.5 Å². The van der Waals surface area contributed by atoms with E-state index in [1.54, 1.807) is 0 Å². The fourth-order valence-corrected chi connectivity index (χ4v) is 6.61. The molecule has 5 heteroatoms. The zero-order valence-corrected chi connectivity index (χ0v) is 20.4. The summed E-state index contributed by atoms with van der Waals surface area (Å²) < 4.78 is 0. The number of nitrogens with one attached hydrogen (secondary N) is 1. The van der Waals surface area contributed by atoms with Crippen molar-refractivity contribution in [2.75, 3.05) is 19.6 Å². The van der Waals surface area contributed by atoms with E-state index in [2.05, 4.69) is 23.2 Å². The summed E-state index contributed by atoms with van der Waals surface area (Å²) in [7, 11) is 0. The highest BCUT2D eigenvalue weighted by atomic mass is 16.3. The highest BCUT2D eigenvalue weighted by molar-refractivity contribution is 5.80. The molecule has 1 heterocycles. The number of likely N-dealkylation sites (tertiary alicyclic amines) is 1. The highest BCUT2D eigenvalue weighted by Gasteiger charge is 2.54. The number of hydrogen-bond acceptors (Lipinski definition) is 4. The van der Waals surface area contributed by atoms with E-state index in [1.165, 1.54) is 30.5 Å². The molecule has 5 rings (SSSR count). The lowest BCUT2D eigenvalue weighted by molar-refractivity contribution is -0.120. The Labute approximate surface area is 203 Å². The molecule has 2 aliphatic carbocycles. The Balaban J connectivity index is 1.23. The lowest BCUT2D eigenvalue weighted by Crippen LogP contribution is -2.43. The zero-order valence-electron chi connectivity index (χ0n) is 20.4. The number of amides is 1. The van der Waals surface area contributed by atoms with Gasteiger partial charge in [0.2, 0.25) is 5.91 Å². The number of primary amides is 1. The molecule has 3 aliphatic rings. The van der Waals surface area contributed by atoms with Crippen LogP contribution in [0.4, 0.5) is 0 Å². The predicted molar refractivity (Wildman–Crippen MR) is 136 cm³/mol. The number of rotatable bonds is 11. The van der Waals surface area contributed by atoms with Gasteiger partial charge in [0.25, 0.3) is 0 Å². The van der Waals surface area contributed by atoms with Crippen LogP contribution in [0.5, 0.6) is 5.75 Å². The quantitative estimate of drug-likeness (QED) is 0.445. The standard InChI is InChI=1S/C29H39N3O2/c1-20-27-16-23-11-12-24(33)17-25(23)29(20,19-32(27)18-22-9-10-22)13-5-6-14-31-26(28(30)34)15-21-7-3-2-4-8-21/h2-4,7-8,11-12,17,20,22,26-27,31,33H,5-6,9-10,13-16,18-19H2,1H3,(H2,30,34)/t20-,26-,27+,29-/m0/s1. The van der Waals surface area contributed by atoms with E-state index in [0.29, 0.717) is 24.1 Å². The van der Waals surface area contributed by atoms with Crippen LogP contribution in [-0.2, 0) is 23.1 Å². The molecular weight excluding hydrogens is 422 g/mol. The first-order valence-corrected chi connectivity index (χ1v) is 13.1. The van der Waals surface area contributed by atoms with Crippen molar-refractivity contribution in [2.45, 2.75) is 69.4 Å². The van der Waals surface area contributed by atoms with Crippen molar-refractivity contribution in [1.82, 2.24) is 10.2 Å². The molecule has 0 aromatic heterocycles. The number of aromatic hydroxyl groups is 1. The number of phenols is 1. The first-order chi connectivity index (χ1) is 16.5. The van der Waals surface area contributed by atoms with Gasteiger partial charge in [0.1, 0.15) is 5.75 Å². The van der Waals surface area contributed by atoms with E-state index >= 15 is 0 Å². The van der Waals surface area contributed by atoms with E-state index in [0.717, 1.165) is 50.3 Å². The number of unbranched alkanes of at least 4 members (excludes halogenated alkanes) is 1. The fraction of sp³-hybridized carbons (Fsp3) is 0.552. The summed E-state index contributed by atoms with van der Waals surface area (Å²) in [5.41, 5.74) is 9.71. The number of nitrogens with two attached hydrogens (primary N) is 1. The minimum Gasteiger partial charge on any atom is -0.508 e. The van der Waals surface area contributed by atoms with Crippen molar-refractivity contribution in [3.05, 3.63) is 65.2 Å². The Kier molecular flexibility index (Phi) is 6.67. The van der Waals surface area contributed by atoms with Crippen molar-refractivity contribution in [3.8, 4) is 5.75 Å². The Hall–Kier alpha value is -2.37. The molecule has 34 heavy (non-hydrogen) atoms. The summed E-state index contributed by atoms with van der Waals surface area (Å²) in [5.74, 6) is 1.57. The molecule has 1 saturated heterocycles. The van der Waals surface area contributed by atoms with Gasteiger partial charge in [0, 0.05) is 24.5 Å². The van der Waals surface area contributed by atoms with Gasteiger partial charge in [0.05, 0.1) is 6.04 Å². The maximum absolute atomic E-state index is 12.0. The van der Waals surface area contributed by atoms with Gasteiger partial charge in [0.15, 0.2) is 0 Å².